The molecule has 1 aliphatic carbocycles. The van der Waals surface area contributed by atoms with Gasteiger partial charge in [-0.15, -0.1) is 0 Å². The lowest BCUT2D eigenvalue weighted by atomic mass is 9.94. The second-order valence-electron chi connectivity index (χ2n) is 5.64. The van der Waals surface area contributed by atoms with Gasteiger partial charge in [0.1, 0.15) is 0 Å². The van der Waals surface area contributed by atoms with Crippen LogP contribution in [0.1, 0.15) is 29.5 Å². The van der Waals surface area contributed by atoms with Crippen molar-refractivity contribution in [2.45, 2.75) is 32.2 Å². The summed E-state index contributed by atoms with van der Waals surface area (Å²) in [6.45, 7) is 1.91. The molecule has 0 unspecified atom stereocenters. The fourth-order valence-electron chi connectivity index (χ4n) is 2.75. The number of hydrogen-bond donors (Lipinski definition) is 0. The predicted octanol–water partition coefficient (Wildman–Crippen LogP) is 2.54. The zero-order valence-electron chi connectivity index (χ0n) is 10.7. The number of nitro benzene ring substituents is 1. The molecule has 4 heteroatoms. The van der Waals surface area contributed by atoms with Crippen molar-refractivity contribution in [1.29, 1.82) is 0 Å². The van der Waals surface area contributed by atoms with Gasteiger partial charge in [0, 0.05) is 24.7 Å². The maximum Gasteiger partial charge on any atom is 0.272 e. The molecule has 3 rings (SSSR count). The van der Waals surface area contributed by atoms with E-state index in [0.29, 0.717) is 11.6 Å². The molecule has 0 bridgehead atoms. The standard InChI is InChI=1S/C14H18N2O2/c1-15-5-4-11-8-14(16(17)18)12(6-10-2-3-10)7-13(11)9-15/h7-8,10H,2-6,9H2,1H3. The minimum absolute atomic E-state index is 0.212. The van der Waals surface area contributed by atoms with Gasteiger partial charge < -0.3 is 4.90 Å². The Kier molecular flexibility index (Phi) is 2.82. The van der Waals surface area contributed by atoms with Crippen LogP contribution in [0.15, 0.2) is 12.1 Å². The van der Waals surface area contributed by atoms with Gasteiger partial charge in [0.15, 0.2) is 0 Å². The molecule has 0 aromatic heterocycles. The molecular formula is C14H18N2O2. The number of benzene rings is 1. The highest BCUT2D eigenvalue weighted by Crippen LogP contribution is 2.36. The van der Waals surface area contributed by atoms with Crippen LogP contribution in [-0.2, 0) is 19.4 Å². The van der Waals surface area contributed by atoms with Crippen molar-refractivity contribution in [1.82, 2.24) is 4.90 Å². The largest absolute Gasteiger partial charge is 0.302 e. The molecule has 0 amide bonds. The molecule has 2 aliphatic rings. The van der Waals surface area contributed by atoms with Crippen molar-refractivity contribution in [2.24, 2.45) is 5.92 Å². The minimum atomic E-state index is -0.212. The molecule has 96 valence electrons. The highest BCUT2D eigenvalue weighted by atomic mass is 16.6. The minimum Gasteiger partial charge on any atom is -0.302 e. The lowest BCUT2D eigenvalue weighted by Gasteiger charge is -2.25. The second kappa shape index (κ2) is 4.35. The zero-order valence-corrected chi connectivity index (χ0v) is 10.7. The molecule has 0 atom stereocenters. The number of nitrogens with zero attached hydrogens (tertiary/aromatic N) is 2. The maximum absolute atomic E-state index is 11.2. The van der Waals surface area contributed by atoms with Crippen molar-refractivity contribution < 1.29 is 4.92 Å². The van der Waals surface area contributed by atoms with Gasteiger partial charge in [-0.1, -0.05) is 0 Å². The lowest BCUT2D eigenvalue weighted by molar-refractivity contribution is -0.385. The molecule has 18 heavy (non-hydrogen) atoms. The number of hydrogen-bond acceptors (Lipinski definition) is 3. The third-order valence-corrected chi connectivity index (χ3v) is 4.01. The van der Waals surface area contributed by atoms with Crippen LogP contribution in [0, 0.1) is 16.0 Å². The quantitative estimate of drug-likeness (QED) is 0.608. The summed E-state index contributed by atoms with van der Waals surface area (Å²) in [6, 6.07) is 3.90. The molecule has 0 spiro atoms. The summed E-state index contributed by atoms with van der Waals surface area (Å²) >= 11 is 0. The molecule has 1 saturated carbocycles. The van der Waals surface area contributed by atoms with E-state index in [0.717, 1.165) is 31.5 Å². The molecule has 1 aromatic carbocycles. The third kappa shape index (κ3) is 2.25. The van der Waals surface area contributed by atoms with Gasteiger partial charge in [-0.3, -0.25) is 10.1 Å². The van der Waals surface area contributed by atoms with E-state index in [2.05, 4.69) is 18.0 Å². The van der Waals surface area contributed by atoms with E-state index in [1.54, 1.807) is 0 Å². The van der Waals surface area contributed by atoms with Gasteiger partial charge in [-0.2, -0.15) is 0 Å². The molecule has 0 saturated heterocycles. The van der Waals surface area contributed by atoms with Crippen LogP contribution in [0.25, 0.3) is 0 Å². The Morgan fingerprint density at radius 1 is 1.39 bits per heavy atom. The van der Waals surface area contributed by atoms with Crippen molar-refractivity contribution >= 4 is 5.69 Å². The van der Waals surface area contributed by atoms with Gasteiger partial charge in [0.25, 0.3) is 5.69 Å². The van der Waals surface area contributed by atoms with Gasteiger partial charge in [-0.25, -0.2) is 0 Å². The topological polar surface area (TPSA) is 46.4 Å². The highest BCUT2D eigenvalue weighted by Gasteiger charge is 2.27. The van der Waals surface area contributed by atoms with Crippen LogP contribution in [0.5, 0.6) is 0 Å². The summed E-state index contributed by atoms with van der Waals surface area (Å²) in [6.07, 6.45) is 4.27. The molecule has 1 fully saturated rings. The monoisotopic (exact) mass is 246 g/mol. The Labute approximate surface area is 107 Å². The van der Waals surface area contributed by atoms with E-state index < -0.39 is 0 Å². The molecule has 4 nitrogen and oxygen atoms in total. The smallest absolute Gasteiger partial charge is 0.272 e. The first-order valence-corrected chi connectivity index (χ1v) is 6.61. The fraction of sp³-hybridized carbons (Fsp3) is 0.571. The summed E-state index contributed by atoms with van der Waals surface area (Å²) < 4.78 is 0. The van der Waals surface area contributed by atoms with Crippen molar-refractivity contribution in [3.8, 4) is 0 Å². The molecule has 0 N–H and O–H groups in total. The molecule has 1 aliphatic heterocycles. The van der Waals surface area contributed by atoms with Gasteiger partial charge in [0.05, 0.1) is 4.92 Å². The average molecular weight is 246 g/mol. The van der Waals surface area contributed by atoms with Crippen LogP contribution >= 0.6 is 0 Å². The zero-order chi connectivity index (χ0) is 12.7. The van der Waals surface area contributed by atoms with Crippen molar-refractivity contribution in [3.05, 3.63) is 38.9 Å². The van der Waals surface area contributed by atoms with Crippen LogP contribution in [-0.4, -0.2) is 23.4 Å². The Morgan fingerprint density at radius 3 is 2.83 bits per heavy atom. The first-order chi connectivity index (χ1) is 8.63. The van der Waals surface area contributed by atoms with E-state index in [1.165, 1.54) is 24.0 Å². The van der Waals surface area contributed by atoms with E-state index in [9.17, 15) is 10.1 Å². The summed E-state index contributed by atoms with van der Waals surface area (Å²) in [5.74, 6) is 0.683. The Hall–Kier alpha value is -1.42. The highest BCUT2D eigenvalue weighted by molar-refractivity contribution is 5.48. The second-order valence-corrected chi connectivity index (χ2v) is 5.64. The Balaban J connectivity index is 1.99. The third-order valence-electron chi connectivity index (χ3n) is 4.01. The van der Waals surface area contributed by atoms with Gasteiger partial charge >= 0.3 is 0 Å². The molecule has 1 aromatic rings. The van der Waals surface area contributed by atoms with Gasteiger partial charge in [-0.05, 0) is 55.8 Å². The van der Waals surface area contributed by atoms with Crippen LogP contribution in [0.3, 0.4) is 0 Å². The van der Waals surface area contributed by atoms with Crippen molar-refractivity contribution in [3.63, 3.8) is 0 Å². The van der Waals surface area contributed by atoms with Crippen LogP contribution < -0.4 is 0 Å². The average Bonchev–Trinajstić information content (AvgIpc) is 3.11. The number of fused-ring (bicyclic) bond motifs is 1. The van der Waals surface area contributed by atoms with E-state index in [4.69, 9.17) is 0 Å². The number of likely N-dealkylation sites (N-methyl/N-ethyl adjacent to an activating group) is 1. The number of rotatable bonds is 3. The first kappa shape index (κ1) is 11.7. The van der Waals surface area contributed by atoms with E-state index >= 15 is 0 Å². The van der Waals surface area contributed by atoms with Gasteiger partial charge in [0.2, 0.25) is 0 Å². The molecule has 1 heterocycles. The summed E-state index contributed by atoms with van der Waals surface area (Å²) in [7, 11) is 2.10. The van der Waals surface area contributed by atoms with E-state index in [-0.39, 0.29) is 4.92 Å². The van der Waals surface area contributed by atoms with Crippen molar-refractivity contribution in [2.75, 3.05) is 13.6 Å². The normalized spacial score (nSPS) is 19.6. The first-order valence-electron chi connectivity index (χ1n) is 6.61. The van der Waals surface area contributed by atoms with Crippen LogP contribution in [0.4, 0.5) is 5.69 Å². The summed E-state index contributed by atoms with van der Waals surface area (Å²) in [4.78, 5) is 13.2. The SMILES string of the molecule is CN1CCc2cc([N+](=O)[O-])c(CC3CC3)cc2C1. The predicted molar refractivity (Wildman–Crippen MR) is 69.6 cm³/mol. The lowest BCUT2D eigenvalue weighted by Crippen LogP contribution is -2.26. The number of nitro groups is 1. The summed E-state index contributed by atoms with van der Waals surface area (Å²) in [5.41, 5.74) is 3.73. The van der Waals surface area contributed by atoms with E-state index in [1.807, 2.05) is 6.07 Å². The molecule has 0 radical (unpaired) electrons. The summed E-state index contributed by atoms with van der Waals surface area (Å²) in [5, 5.41) is 11.2. The molecular weight excluding hydrogens is 228 g/mol. The Morgan fingerprint density at radius 2 is 2.17 bits per heavy atom. The Bertz CT molecular complexity index is 495. The maximum atomic E-state index is 11.2. The fourth-order valence-corrected chi connectivity index (χ4v) is 2.75. The van der Waals surface area contributed by atoms with Crippen LogP contribution in [0.2, 0.25) is 0 Å².